The molecule has 0 saturated carbocycles. The van der Waals surface area contributed by atoms with Crippen LogP contribution in [0.25, 0.3) is 0 Å². The SMILES string of the molecule is CCCc1[nH]nc(C(=O)NCCSc2ccccc2)c1N. The van der Waals surface area contributed by atoms with Gasteiger partial charge >= 0.3 is 0 Å². The number of H-pyrrole nitrogens is 1. The van der Waals surface area contributed by atoms with Gasteiger partial charge in [0.2, 0.25) is 0 Å². The lowest BCUT2D eigenvalue weighted by atomic mass is 10.2. The van der Waals surface area contributed by atoms with Gasteiger partial charge in [0.1, 0.15) is 0 Å². The highest BCUT2D eigenvalue weighted by atomic mass is 32.2. The van der Waals surface area contributed by atoms with E-state index in [0.717, 1.165) is 24.3 Å². The minimum absolute atomic E-state index is 0.222. The summed E-state index contributed by atoms with van der Waals surface area (Å²) in [6.07, 6.45) is 1.76. The molecule has 2 aromatic rings. The predicted molar refractivity (Wildman–Crippen MR) is 86.5 cm³/mol. The van der Waals surface area contributed by atoms with Gasteiger partial charge in [-0.25, -0.2) is 0 Å². The average Bonchev–Trinajstić information content (AvgIpc) is 2.86. The number of aromatic amines is 1. The third-order valence-electron chi connectivity index (χ3n) is 3.00. The van der Waals surface area contributed by atoms with E-state index in [1.807, 2.05) is 18.2 Å². The van der Waals surface area contributed by atoms with Gasteiger partial charge in [0.25, 0.3) is 5.91 Å². The first kappa shape index (κ1) is 15.4. The molecule has 0 unspecified atom stereocenters. The first-order valence-electron chi connectivity index (χ1n) is 7.01. The van der Waals surface area contributed by atoms with Crippen LogP contribution in [0.4, 0.5) is 5.69 Å². The van der Waals surface area contributed by atoms with Crippen molar-refractivity contribution in [2.75, 3.05) is 18.0 Å². The van der Waals surface area contributed by atoms with Crippen LogP contribution in [0.15, 0.2) is 35.2 Å². The minimum atomic E-state index is -0.222. The average molecular weight is 304 g/mol. The number of rotatable bonds is 7. The fourth-order valence-corrected chi connectivity index (χ4v) is 2.72. The summed E-state index contributed by atoms with van der Waals surface area (Å²) < 4.78 is 0. The lowest BCUT2D eigenvalue weighted by Crippen LogP contribution is -2.26. The Balaban J connectivity index is 1.79. The van der Waals surface area contributed by atoms with E-state index < -0.39 is 0 Å². The number of nitrogen functional groups attached to an aromatic ring is 1. The van der Waals surface area contributed by atoms with Crippen molar-refractivity contribution in [1.82, 2.24) is 15.5 Å². The molecule has 0 aliphatic carbocycles. The molecule has 2 rings (SSSR count). The smallest absolute Gasteiger partial charge is 0.273 e. The molecule has 4 N–H and O–H groups in total. The van der Waals surface area contributed by atoms with E-state index in [0.29, 0.717) is 17.9 Å². The number of aryl methyl sites for hydroxylation is 1. The van der Waals surface area contributed by atoms with Gasteiger partial charge in [0.05, 0.1) is 11.4 Å². The van der Waals surface area contributed by atoms with Gasteiger partial charge in [-0.1, -0.05) is 31.5 Å². The molecule has 0 bridgehead atoms. The molecule has 1 heterocycles. The molecule has 0 fully saturated rings. The van der Waals surface area contributed by atoms with Gasteiger partial charge in [-0.15, -0.1) is 11.8 Å². The highest BCUT2D eigenvalue weighted by Gasteiger charge is 2.16. The van der Waals surface area contributed by atoms with Crippen LogP contribution < -0.4 is 11.1 Å². The highest BCUT2D eigenvalue weighted by molar-refractivity contribution is 7.99. The number of anilines is 1. The zero-order valence-electron chi connectivity index (χ0n) is 12.1. The van der Waals surface area contributed by atoms with Crippen LogP contribution in [0.3, 0.4) is 0 Å². The maximum Gasteiger partial charge on any atom is 0.273 e. The molecule has 0 atom stereocenters. The van der Waals surface area contributed by atoms with Crippen molar-refractivity contribution in [2.24, 2.45) is 0 Å². The monoisotopic (exact) mass is 304 g/mol. The van der Waals surface area contributed by atoms with Gasteiger partial charge in [0, 0.05) is 17.2 Å². The Kier molecular flexibility index (Phi) is 5.68. The van der Waals surface area contributed by atoms with E-state index in [4.69, 9.17) is 5.73 Å². The zero-order valence-corrected chi connectivity index (χ0v) is 12.9. The maximum absolute atomic E-state index is 12.0. The van der Waals surface area contributed by atoms with Crippen molar-refractivity contribution in [2.45, 2.75) is 24.7 Å². The molecule has 112 valence electrons. The molecule has 0 aliphatic rings. The third-order valence-corrected chi connectivity index (χ3v) is 4.01. The number of carbonyl (C=O) groups is 1. The summed E-state index contributed by atoms with van der Waals surface area (Å²) in [5.74, 6) is 0.585. The second kappa shape index (κ2) is 7.73. The Morgan fingerprint density at radius 1 is 1.38 bits per heavy atom. The summed E-state index contributed by atoms with van der Waals surface area (Å²) >= 11 is 1.70. The summed E-state index contributed by atoms with van der Waals surface area (Å²) in [5.41, 5.74) is 7.52. The third kappa shape index (κ3) is 4.26. The van der Waals surface area contributed by atoms with Crippen molar-refractivity contribution < 1.29 is 4.79 Å². The van der Waals surface area contributed by atoms with Crippen LogP contribution in [0.5, 0.6) is 0 Å². The van der Waals surface area contributed by atoms with E-state index in [1.165, 1.54) is 4.90 Å². The van der Waals surface area contributed by atoms with Gasteiger partial charge < -0.3 is 11.1 Å². The Morgan fingerprint density at radius 2 is 2.14 bits per heavy atom. The number of hydrogen-bond acceptors (Lipinski definition) is 4. The molecule has 0 saturated heterocycles. The molecule has 1 aromatic carbocycles. The van der Waals surface area contributed by atoms with Gasteiger partial charge in [-0.05, 0) is 18.6 Å². The van der Waals surface area contributed by atoms with Crippen LogP contribution >= 0.6 is 11.8 Å². The molecular formula is C15H20N4OS. The fourth-order valence-electron chi connectivity index (χ4n) is 1.93. The quantitative estimate of drug-likeness (QED) is 0.542. The number of nitrogens with two attached hydrogens (primary N) is 1. The van der Waals surface area contributed by atoms with Crippen molar-refractivity contribution in [3.8, 4) is 0 Å². The number of nitrogens with one attached hydrogen (secondary N) is 2. The number of hydrogen-bond donors (Lipinski definition) is 3. The van der Waals surface area contributed by atoms with Crippen LogP contribution in [0.1, 0.15) is 29.5 Å². The first-order valence-corrected chi connectivity index (χ1v) is 7.99. The normalized spacial score (nSPS) is 10.5. The minimum Gasteiger partial charge on any atom is -0.395 e. The standard InChI is InChI=1S/C15H20N4OS/c1-2-6-12-13(16)14(19-18-12)15(20)17-9-10-21-11-7-4-3-5-8-11/h3-5,7-8H,2,6,9-10,16H2,1H3,(H,17,20)(H,18,19). The lowest BCUT2D eigenvalue weighted by Gasteiger charge is -2.04. The van der Waals surface area contributed by atoms with Gasteiger partial charge in [-0.2, -0.15) is 5.10 Å². The largest absolute Gasteiger partial charge is 0.395 e. The van der Waals surface area contributed by atoms with Crippen molar-refractivity contribution in [3.63, 3.8) is 0 Å². The van der Waals surface area contributed by atoms with Crippen LogP contribution in [-0.4, -0.2) is 28.4 Å². The summed E-state index contributed by atoms with van der Waals surface area (Å²) in [4.78, 5) is 13.2. The summed E-state index contributed by atoms with van der Waals surface area (Å²) in [7, 11) is 0. The predicted octanol–water partition coefficient (Wildman–Crippen LogP) is 2.47. The van der Waals surface area contributed by atoms with E-state index in [-0.39, 0.29) is 5.91 Å². The molecule has 21 heavy (non-hydrogen) atoms. The summed E-state index contributed by atoms with van der Waals surface area (Å²) in [6.45, 7) is 2.63. The molecule has 0 spiro atoms. The van der Waals surface area contributed by atoms with Gasteiger partial charge in [0.15, 0.2) is 5.69 Å². The Morgan fingerprint density at radius 3 is 2.86 bits per heavy atom. The number of nitrogens with zero attached hydrogens (tertiary/aromatic N) is 1. The van der Waals surface area contributed by atoms with Crippen LogP contribution in [0.2, 0.25) is 0 Å². The summed E-state index contributed by atoms with van der Waals surface area (Å²) in [5, 5.41) is 9.68. The molecule has 0 aliphatic heterocycles. The van der Waals surface area contributed by atoms with E-state index in [1.54, 1.807) is 11.8 Å². The Bertz CT molecular complexity index is 583. The lowest BCUT2D eigenvalue weighted by molar-refractivity contribution is 0.0952. The van der Waals surface area contributed by atoms with Crippen molar-refractivity contribution in [3.05, 3.63) is 41.7 Å². The number of thioether (sulfide) groups is 1. The molecule has 0 radical (unpaired) electrons. The Hall–Kier alpha value is -1.95. The van der Waals surface area contributed by atoms with Crippen LogP contribution in [0, 0.1) is 0 Å². The highest BCUT2D eigenvalue weighted by Crippen LogP contribution is 2.17. The Labute approximate surface area is 128 Å². The number of amides is 1. The molecule has 1 aromatic heterocycles. The second-order valence-corrected chi connectivity index (χ2v) is 5.80. The van der Waals surface area contributed by atoms with Crippen molar-refractivity contribution >= 4 is 23.4 Å². The first-order chi connectivity index (χ1) is 10.2. The molecule has 1 amide bonds. The fraction of sp³-hybridized carbons (Fsp3) is 0.333. The topological polar surface area (TPSA) is 83.8 Å². The molecular weight excluding hydrogens is 284 g/mol. The van der Waals surface area contributed by atoms with E-state index in [2.05, 4.69) is 34.6 Å². The molecule has 5 nitrogen and oxygen atoms in total. The van der Waals surface area contributed by atoms with Gasteiger partial charge in [-0.3, -0.25) is 9.89 Å². The zero-order chi connectivity index (χ0) is 15.1. The summed E-state index contributed by atoms with van der Waals surface area (Å²) in [6, 6.07) is 10.1. The van der Waals surface area contributed by atoms with Crippen molar-refractivity contribution in [1.29, 1.82) is 0 Å². The molecule has 6 heteroatoms. The number of aromatic nitrogens is 2. The number of benzene rings is 1. The van der Waals surface area contributed by atoms with E-state index >= 15 is 0 Å². The maximum atomic E-state index is 12.0. The van der Waals surface area contributed by atoms with Crippen LogP contribution in [-0.2, 0) is 6.42 Å². The number of carbonyl (C=O) groups excluding carboxylic acids is 1. The second-order valence-electron chi connectivity index (χ2n) is 4.63. The van der Waals surface area contributed by atoms with E-state index in [9.17, 15) is 4.79 Å².